The van der Waals surface area contributed by atoms with Gasteiger partial charge in [-0.3, -0.25) is 37.3 Å². The van der Waals surface area contributed by atoms with Gasteiger partial charge in [0.2, 0.25) is 0 Å². The zero-order chi connectivity index (χ0) is 71.4. The van der Waals surface area contributed by atoms with Gasteiger partial charge in [0.25, 0.3) is 0 Å². The van der Waals surface area contributed by atoms with Gasteiger partial charge < -0.3 is 33.8 Å². The van der Waals surface area contributed by atoms with E-state index in [4.69, 9.17) is 37.0 Å². The predicted octanol–water partition coefficient (Wildman–Crippen LogP) is 23.1. The summed E-state index contributed by atoms with van der Waals surface area (Å²) in [5, 5.41) is 10.6. The quantitative estimate of drug-likeness (QED) is 0.0222. The molecule has 97 heavy (non-hydrogen) atoms. The van der Waals surface area contributed by atoms with Crippen molar-refractivity contribution in [3.05, 3.63) is 0 Å². The SMILES string of the molecule is CCCCCCCCCCCCCCCCCCCCC(=O)O[C@H](COC(=O)CCCCCCCCCCCCCCCCCC)COP(=O)(O)OC[C@@H](O)COP(=O)(O)OC[C@@H](COC(=O)CCCCCCCCCCC(C)C)OC(=O)CCCCCCCCCCC(C)CC. The Morgan fingerprint density at radius 1 is 0.299 bits per heavy atom. The fourth-order valence-corrected chi connectivity index (χ4v) is 13.6. The molecule has 3 unspecified atom stereocenters. The first-order valence-corrected chi connectivity index (χ1v) is 43.5. The summed E-state index contributed by atoms with van der Waals surface area (Å²) in [6.07, 6.45) is 58.3. The highest BCUT2D eigenvalue weighted by atomic mass is 31.2. The third-order valence-electron chi connectivity index (χ3n) is 18.6. The van der Waals surface area contributed by atoms with Gasteiger partial charge in [-0.15, -0.1) is 0 Å². The highest BCUT2D eigenvalue weighted by Gasteiger charge is 2.30. The summed E-state index contributed by atoms with van der Waals surface area (Å²) in [6.45, 7) is 9.58. The molecule has 0 aliphatic heterocycles. The van der Waals surface area contributed by atoms with E-state index in [2.05, 4.69) is 41.5 Å². The minimum absolute atomic E-state index is 0.105. The summed E-state index contributed by atoms with van der Waals surface area (Å²) in [5.74, 6) is -0.618. The average molecular weight is 1420 g/mol. The van der Waals surface area contributed by atoms with Gasteiger partial charge in [-0.05, 0) is 37.5 Å². The van der Waals surface area contributed by atoms with Crippen LogP contribution in [0.4, 0.5) is 0 Å². The maximum absolute atomic E-state index is 13.1. The number of rotatable bonds is 77. The molecule has 0 rings (SSSR count). The molecule has 17 nitrogen and oxygen atoms in total. The molecular formula is C78H152O17P2. The van der Waals surface area contributed by atoms with E-state index in [1.54, 1.807) is 0 Å². The predicted molar refractivity (Wildman–Crippen MR) is 395 cm³/mol. The number of esters is 4. The molecule has 0 aliphatic rings. The van der Waals surface area contributed by atoms with Crippen molar-refractivity contribution in [2.24, 2.45) is 11.8 Å². The van der Waals surface area contributed by atoms with Gasteiger partial charge in [-0.1, -0.05) is 356 Å². The van der Waals surface area contributed by atoms with Gasteiger partial charge in [0.1, 0.15) is 19.3 Å². The van der Waals surface area contributed by atoms with Crippen molar-refractivity contribution in [3.63, 3.8) is 0 Å². The van der Waals surface area contributed by atoms with E-state index in [9.17, 15) is 43.2 Å². The van der Waals surface area contributed by atoms with Gasteiger partial charge in [0.15, 0.2) is 12.2 Å². The minimum atomic E-state index is -4.96. The van der Waals surface area contributed by atoms with Crippen molar-refractivity contribution in [1.82, 2.24) is 0 Å². The maximum Gasteiger partial charge on any atom is 0.472 e. The molecule has 0 heterocycles. The lowest BCUT2D eigenvalue weighted by Crippen LogP contribution is -2.30. The molecule has 0 bridgehead atoms. The first-order chi connectivity index (χ1) is 46.9. The molecule has 6 atom stereocenters. The molecule has 0 saturated heterocycles. The molecule has 0 aromatic heterocycles. The Bertz CT molecular complexity index is 1870. The van der Waals surface area contributed by atoms with Gasteiger partial charge in [0.05, 0.1) is 26.4 Å². The number of aliphatic hydroxyl groups excluding tert-OH is 1. The van der Waals surface area contributed by atoms with Crippen molar-refractivity contribution in [2.75, 3.05) is 39.6 Å². The third-order valence-corrected chi connectivity index (χ3v) is 20.5. The highest BCUT2D eigenvalue weighted by Crippen LogP contribution is 2.45. The summed E-state index contributed by atoms with van der Waals surface area (Å²) < 4.78 is 68.6. The van der Waals surface area contributed by atoms with Crippen LogP contribution in [0.15, 0.2) is 0 Å². The molecule has 0 spiro atoms. The number of ether oxygens (including phenoxy) is 4. The lowest BCUT2D eigenvalue weighted by atomic mass is 9.99. The second kappa shape index (κ2) is 69.8. The number of phosphoric acid groups is 2. The minimum Gasteiger partial charge on any atom is -0.462 e. The van der Waals surface area contributed by atoms with E-state index < -0.39 is 97.5 Å². The Morgan fingerprint density at radius 3 is 0.784 bits per heavy atom. The molecule has 0 amide bonds. The third kappa shape index (κ3) is 70.9. The van der Waals surface area contributed by atoms with Gasteiger partial charge >= 0.3 is 39.5 Å². The number of hydrogen-bond acceptors (Lipinski definition) is 15. The van der Waals surface area contributed by atoms with E-state index >= 15 is 0 Å². The van der Waals surface area contributed by atoms with Crippen LogP contribution in [0.2, 0.25) is 0 Å². The molecule has 0 aromatic rings. The Hall–Kier alpha value is -1.94. The molecule has 0 aliphatic carbocycles. The van der Waals surface area contributed by atoms with E-state index in [1.165, 1.54) is 225 Å². The standard InChI is InChI=1S/C78H152O17P2/c1-7-10-12-14-16-18-20-22-24-26-27-29-31-33-35-44-50-56-62-77(82)94-73(66-88-75(80)60-54-48-42-34-32-30-28-25-23-21-19-17-15-13-11-8-2)68-92-96(84,85)90-64-72(79)65-91-97(86,87)93-69-74(67-89-76(81)61-55-49-43-38-36-40-46-52-58-70(4)5)95-78(83)63-57-51-45-39-37-41-47-53-59-71(6)9-3/h70-74,79H,7-69H2,1-6H3,(H,84,85)(H,86,87)/t71?,72-,73-,74-/m1/s1. The normalized spacial score (nSPS) is 14.2. The van der Waals surface area contributed by atoms with E-state index in [1.807, 2.05) is 0 Å². The van der Waals surface area contributed by atoms with Crippen LogP contribution in [0.5, 0.6) is 0 Å². The van der Waals surface area contributed by atoms with Crippen LogP contribution in [0.1, 0.15) is 408 Å². The number of carbonyl (C=O) groups is 4. The largest absolute Gasteiger partial charge is 0.472 e. The highest BCUT2D eigenvalue weighted by molar-refractivity contribution is 7.47. The number of aliphatic hydroxyl groups is 1. The number of hydrogen-bond donors (Lipinski definition) is 3. The second-order valence-corrected chi connectivity index (χ2v) is 31.7. The fourth-order valence-electron chi connectivity index (χ4n) is 12.0. The van der Waals surface area contributed by atoms with E-state index in [0.29, 0.717) is 25.7 Å². The lowest BCUT2D eigenvalue weighted by molar-refractivity contribution is -0.161. The van der Waals surface area contributed by atoms with Crippen LogP contribution in [0, 0.1) is 11.8 Å². The van der Waals surface area contributed by atoms with Crippen molar-refractivity contribution >= 4 is 39.5 Å². The van der Waals surface area contributed by atoms with Gasteiger partial charge in [0, 0.05) is 25.7 Å². The molecular weight excluding hydrogens is 1270 g/mol. The Labute approximate surface area is 594 Å². The summed E-state index contributed by atoms with van der Waals surface area (Å²) in [5.41, 5.74) is 0. The Morgan fingerprint density at radius 2 is 0.526 bits per heavy atom. The topological polar surface area (TPSA) is 237 Å². The van der Waals surface area contributed by atoms with Crippen molar-refractivity contribution in [2.45, 2.75) is 426 Å². The first kappa shape index (κ1) is 95.1. The zero-order valence-electron chi connectivity index (χ0n) is 63.4. The fraction of sp³-hybridized carbons (Fsp3) is 0.949. The van der Waals surface area contributed by atoms with Crippen molar-refractivity contribution < 1.29 is 80.2 Å². The van der Waals surface area contributed by atoms with Crippen molar-refractivity contribution in [1.29, 1.82) is 0 Å². The molecule has 0 saturated carbocycles. The molecule has 0 fully saturated rings. The van der Waals surface area contributed by atoms with Crippen LogP contribution >= 0.6 is 15.6 Å². The van der Waals surface area contributed by atoms with Crippen molar-refractivity contribution in [3.8, 4) is 0 Å². The van der Waals surface area contributed by atoms with Crippen LogP contribution in [-0.2, 0) is 65.4 Å². The maximum atomic E-state index is 13.1. The zero-order valence-corrected chi connectivity index (χ0v) is 65.2. The molecule has 3 N–H and O–H groups in total. The second-order valence-electron chi connectivity index (χ2n) is 28.8. The smallest absolute Gasteiger partial charge is 0.462 e. The monoisotopic (exact) mass is 1420 g/mol. The Kier molecular flexibility index (Phi) is 68.4. The first-order valence-electron chi connectivity index (χ1n) is 40.5. The number of carbonyl (C=O) groups excluding carboxylic acids is 4. The number of unbranched alkanes of at least 4 members (excludes halogenated alkanes) is 46. The molecule has 19 heteroatoms. The van der Waals surface area contributed by atoms with Crippen LogP contribution < -0.4 is 0 Å². The molecule has 0 aromatic carbocycles. The molecule has 576 valence electrons. The van der Waals surface area contributed by atoms with Crippen LogP contribution in [0.25, 0.3) is 0 Å². The average Bonchev–Trinajstić information content (AvgIpc) is 1.28. The van der Waals surface area contributed by atoms with Crippen LogP contribution in [-0.4, -0.2) is 96.7 Å². The molecule has 0 radical (unpaired) electrons. The van der Waals surface area contributed by atoms with Gasteiger partial charge in [-0.25, -0.2) is 9.13 Å². The summed E-state index contributed by atoms with van der Waals surface area (Å²) >= 11 is 0. The lowest BCUT2D eigenvalue weighted by Gasteiger charge is -2.21. The van der Waals surface area contributed by atoms with Crippen LogP contribution in [0.3, 0.4) is 0 Å². The van der Waals surface area contributed by atoms with E-state index in [0.717, 1.165) is 102 Å². The van der Waals surface area contributed by atoms with Gasteiger partial charge in [-0.2, -0.15) is 0 Å². The summed E-state index contributed by atoms with van der Waals surface area (Å²) in [6, 6.07) is 0. The summed E-state index contributed by atoms with van der Waals surface area (Å²) in [7, 11) is -9.92. The van der Waals surface area contributed by atoms with E-state index in [-0.39, 0.29) is 25.7 Å². The number of phosphoric ester groups is 2. The summed E-state index contributed by atoms with van der Waals surface area (Å²) in [4.78, 5) is 72.9. The Balaban J connectivity index is 5.25.